The third-order valence-corrected chi connectivity index (χ3v) is 3.51. The molecule has 1 rings (SSSR count). The maximum Gasteiger partial charge on any atom is 0.140 e. The molecule has 1 unspecified atom stereocenters. The zero-order valence-corrected chi connectivity index (χ0v) is 10.6. The van der Waals surface area contributed by atoms with Crippen LogP contribution < -0.4 is 5.73 Å². The van der Waals surface area contributed by atoms with Crippen molar-refractivity contribution < 1.29 is 5.21 Å². The van der Waals surface area contributed by atoms with E-state index in [1.807, 2.05) is 0 Å². The van der Waals surface area contributed by atoms with Crippen LogP contribution in [-0.4, -0.2) is 29.0 Å². The molecule has 0 aliphatic rings. The number of thiophene rings is 1. The number of nitrogens with two attached hydrogens (primary N) is 1. The molecule has 0 saturated carbocycles. The van der Waals surface area contributed by atoms with Gasteiger partial charge in [0.15, 0.2) is 0 Å². The molecule has 0 saturated heterocycles. The van der Waals surface area contributed by atoms with Gasteiger partial charge in [-0.1, -0.05) is 18.1 Å². The molecule has 1 aromatic rings. The van der Waals surface area contributed by atoms with Gasteiger partial charge in [-0.25, -0.2) is 0 Å². The second-order valence-corrected chi connectivity index (χ2v) is 4.88. The Labute approximate surface area is 100 Å². The standard InChI is InChI=1S/C11H19N3OS/c1-3-9(7-11(12)13-15)14(2)8-10-5-4-6-16-10/h4-6,9,15H,3,7-8H2,1-2H3,(H2,12,13). The fourth-order valence-corrected chi connectivity index (χ4v) is 2.44. The summed E-state index contributed by atoms with van der Waals surface area (Å²) in [7, 11) is 2.07. The van der Waals surface area contributed by atoms with Crippen molar-refractivity contribution in [2.45, 2.75) is 32.4 Å². The molecule has 0 aromatic carbocycles. The van der Waals surface area contributed by atoms with E-state index in [9.17, 15) is 0 Å². The van der Waals surface area contributed by atoms with Gasteiger partial charge in [-0.05, 0) is 24.9 Å². The van der Waals surface area contributed by atoms with Crippen molar-refractivity contribution in [3.05, 3.63) is 22.4 Å². The molecule has 90 valence electrons. The van der Waals surface area contributed by atoms with Crippen molar-refractivity contribution in [1.82, 2.24) is 4.90 Å². The lowest BCUT2D eigenvalue weighted by Gasteiger charge is -2.26. The molecule has 16 heavy (non-hydrogen) atoms. The van der Waals surface area contributed by atoms with E-state index in [0.29, 0.717) is 18.3 Å². The molecule has 0 radical (unpaired) electrons. The van der Waals surface area contributed by atoms with E-state index in [0.717, 1.165) is 13.0 Å². The van der Waals surface area contributed by atoms with E-state index in [-0.39, 0.29) is 0 Å². The van der Waals surface area contributed by atoms with E-state index < -0.39 is 0 Å². The zero-order chi connectivity index (χ0) is 12.0. The number of amidine groups is 1. The second-order valence-electron chi connectivity index (χ2n) is 3.85. The van der Waals surface area contributed by atoms with Crippen LogP contribution in [0.5, 0.6) is 0 Å². The number of hydrogen-bond donors (Lipinski definition) is 2. The summed E-state index contributed by atoms with van der Waals surface area (Å²) < 4.78 is 0. The first-order valence-electron chi connectivity index (χ1n) is 5.36. The summed E-state index contributed by atoms with van der Waals surface area (Å²) in [5, 5.41) is 13.7. The Balaban J connectivity index is 2.52. The molecular formula is C11H19N3OS. The molecule has 0 aliphatic heterocycles. The summed E-state index contributed by atoms with van der Waals surface area (Å²) in [6.07, 6.45) is 1.59. The lowest BCUT2D eigenvalue weighted by atomic mass is 10.1. The van der Waals surface area contributed by atoms with Gasteiger partial charge in [0, 0.05) is 23.9 Å². The molecule has 1 atom stereocenters. The third kappa shape index (κ3) is 3.83. The predicted molar refractivity (Wildman–Crippen MR) is 67.9 cm³/mol. The fraction of sp³-hybridized carbons (Fsp3) is 0.545. The highest BCUT2D eigenvalue weighted by Crippen LogP contribution is 2.15. The summed E-state index contributed by atoms with van der Waals surface area (Å²) in [5.41, 5.74) is 5.54. The smallest absolute Gasteiger partial charge is 0.140 e. The quantitative estimate of drug-likeness (QED) is 0.347. The fourth-order valence-electron chi connectivity index (χ4n) is 1.67. The first kappa shape index (κ1) is 13.0. The van der Waals surface area contributed by atoms with E-state index in [4.69, 9.17) is 10.9 Å². The van der Waals surface area contributed by atoms with Gasteiger partial charge in [-0.3, -0.25) is 4.90 Å². The van der Waals surface area contributed by atoms with Gasteiger partial charge in [0.25, 0.3) is 0 Å². The Morgan fingerprint density at radius 3 is 2.94 bits per heavy atom. The van der Waals surface area contributed by atoms with Crippen LogP contribution in [0.15, 0.2) is 22.7 Å². The molecule has 0 bridgehead atoms. The van der Waals surface area contributed by atoms with Gasteiger partial charge >= 0.3 is 0 Å². The number of oxime groups is 1. The predicted octanol–water partition coefficient (Wildman–Crippen LogP) is 2.09. The van der Waals surface area contributed by atoms with Crippen LogP contribution in [0.1, 0.15) is 24.6 Å². The van der Waals surface area contributed by atoms with Crippen LogP contribution in [0.3, 0.4) is 0 Å². The Morgan fingerprint density at radius 1 is 1.69 bits per heavy atom. The van der Waals surface area contributed by atoms with Crippen LogP contribution in [0, 0.1) is 0 Å². The minimum atomic E-state index is 0.296. The molecule has 0 fully saturated rings. The van der Waals surface area contributed by atoms with Crippen LogP contribution in [0.2, 0.25) is 0 Å². The highest BCUT2D eigenvalue weighted by Gasteiger charge is 2.15. The maximum atomic E-state index is 8.56. The summed E-state index contributed by atoms with van der Waals surface area (Å²) in [5.74, 6) is 0.296. The molecule has 1 heterocycles. The van der Waals surface area contributed by atoms with Crippen molar-refractivity contribution >= 4 is 17.2 Å². The Hall–Kier alpha value is -1.07. The first-order valence-corrected chi connectivity index (χ1v) is 6.24. The highest BCUT2D eigenvalue weighted by atomic mass is 32.1. The average Bonchev–Trinajstić information content (AvgIpc) is 2.77. The van der Waals surface area contributed by atoms with Crippen LogP contribution in [0.4, 0.5) is 0 Å². The van der Waals surface area contributed by atoms with Gasteiger partial charge in [0.1, 0.15) is 5.84 Å². The van der Waals surface area contributed by atoms with Crippen molar-refractivity contribution in [3.63, 3.8) is 0 Å². The topological polar surface area (TPSA) is 61.9 Å². The van der Waals surface area contributed by atoms with Gasteiger partial charge < -0.3 is 10.9 Å². The highest BCUT2D eigenvalue weighted by molar-refractivity contribution is 7.09. The summed E-state index contributed by atoms with van der Waals surface area (Å²) >= 11 is 1.75. The van der Waals surface area contributed by atoms with Gasteiger partial charge in [0.2, 0.25) is 0 Å². The normalized spacial score (nSPS) is 14.3. The van der Waals surface area contributed by atoms with Gasteiger partial charge in [-0.2, -0.15) is 0 Å². The third-order valence-electron chi connectivity index (χ3n) is 2.65. The number of rotatable bonds is 6. The van der Waals surface area contributed by atoms with Crippen molar-refractivity contribution in [1.29, 1.82) is 0 Å². The number of nitrogens with zero attached hydrogens (tertiary/aromatic N) is 2. The second kappa shape index (κ2) is 6.50. The van der Waals surface area contributed by atoms with Crippen LogP contribution >= 0.6 is 11.3 Å². The van der Waals surface area contributed by atoms with E-state index >= 15 is 0 Å². The summed E-state index contributed by atoms with van der Waals surface area (Å²) in [6.45, 7) is 3.02. The summed E-state index contributed by atoms with van der Waals surface area (Å²) in [6, 6.07) is 4.49. The van der Waals surface area contributed by atoms with E-state index in [1.165, 1.54) is 4.88 Å². The monoisotopic (exact) mass is 241 g/mol. The minimum Gasteiger partial charge on any atom is -0.409 e. The summed E-state index contributed by atoms with van der Waals surface area (Å²) in [4.78, 5) is 3.57. The van der Waals surface area contributed by atoms with Crippen LogP contribution in [0.25, 0.3) is 0 Å². The Bertz CT molecular complexity index is 324. The number of hydrogen-bond acceptors (Lipinski definition) is 4. The molecule has 3 N–H and O–H groups in total. The van der Waals surface area contributed by atoms with Crippen molar-refractivity contribution in [2.24, 2.45) is 10.9 Å². The minimum absolute atomic E-state index is 0.296. The Morgan fingerprint density at radius 2 is 2.44 bits per heavy atom. The molecular weight excluding hydrogens is 222 g/mol. The zero-order valence-electron chi connectivity index (χ0n) is 9.76. The van der Waals surface area contributed by atoms with Gasteiger partial charge in [-0.15, -0.1) is 11.3 Å². The van der Waals surface area contributed by atoms with E-state index in [1.54, 1.807) is 11.3 Å². The lowest BCUT2D eigenvalue weighted by molar-refractivity contribution is 0.231. The average molecular weight is 241 g/mol. The van der Waals surface area contributed by atoms with Crippen LogP contribution in [-0.2, 0) is 6.54 Å². The van der Waals surface area contributed by atoms with Crippen molar-refractivity contribution in [3.8, 4) is 0 Å². The molecule has 1 aromatic heterocycles. The van der Waals surface area contributed by atoms with Gasteiger partial charge in [0.05, 0.1) is 0 Å². The first-order chi connectivity index (χ1) is 7.67. The SMILES string of the molecule is CCC(C/C(N)=N/O)N(C)Cc1cccs1. The van der Waals surface area contributed by atoms with Crippen molar-refractivity contribution in [2.75, 3.05) is 7.05 Å². The molecule has 0 amide bonds. The Kier molecular flexibility index (Phi) is 5.28. The van der Waals surface area contributed by atoms with E-state index in [2.05, 4.69) is 41.5 Å². The maximum absolute atomic E-state index is 8.56. The molecule has 4 nitrogen and oxygen atoms in total. The molecule has 0 aliphatic carbocycles. The molecule has 5 heteroatoms. The largest absolute Gasteiger partial charge is 0.409 e. The lowest BCUT2D eigenvalue weighted by Crippen LogP contribution is -2.34. The molecule has 0 spiro atoms.